The Labute approximate surface area is 251 Å². The molecular weight excluding hydrogens is 555 g/mol. The molecule has 4 aromatic rings. The SMILES string of the molecule is Fc1ccc(Cc2sccc2CCN2CCCC2)cc1.OC(c1ccc(F)cc1)c1sccc1CCN1CCCC1. The smallest absolute Gasteiger partial charge is 0.123 e. The van der Waals surface area contributed by atoms with E-state index in [1.807, 2.05) is 28.8 Å². The van der Waals surface area contributed by atoms with E-state index in [0.717, 1.165) is 36.2 Å². The molecule has 218 valence electrons. The van der Waals surface area contributed by atoms with Crippen LogP contribution in [0.1, 0.15) is 63.8 Å². The first-order chi connectivity index (χ1) is 20.0. The molecule has 1 N–H and O–H groups in total. The molecule has 4 heterocycles. The fraction of sp³-hybridized carbons (Fsp3) is 0.412. The van der Waals surface area contributed by atoms with Crippen LogP contribution in [0.2, 0.25) is 0 Å². The number of aliphatic hydroxyl groups excluding tert-OH is 1. The summed E-state index contributed by atoms with van der Waals surface area (Å²) in [7, 11) is 0. The molecule has 0 aliphatic carbocycles. The van der Waals surface area contributed by atoms with E-state index in [1.165, 1.54) is 92.1 Å². The number of benzene rings is 2. The zero-order valence-corrected chi connectivity index (χ0v) is 25.2. The van der Waals surface area contributed by atoms with Crippen molar-refractivity contribution in [3.63, 3.8) is 0 Å². The lowest BCUT2D eigenvalue weighted by atomic mass is 10.0. The van der Waals surface area contributed by atoms with Crippen LogP contribution in [0.15, 0.2) is 71.4 Å². The van der Waals surface area contributed by atoms with Crippen LogP contribution in [-0.4, -0.2) is 54.2 Å². The molecule has 0 amide bonds. The van der Waals surface area contributed by atoms with Gasteiger partial charge >= 0.3 is 0 Å². The maximum Gasteiger partial charge on any atom is 0.123 e. The molecular formula is C34H40F2N2OS2. The van der Waals surface area contributed by atoms with E-state index in [2.05, 4.69) is 27.3 Å². The van der Waals surface area contributed by atoms with Crippen LogP contribution in [0.3, 0.4) is 0 Å². The molecule has 1 unspecified atom stereocenters. The van der Waals surface area contributed by atoms with Gasteiger partial charge in [-0.1, -0.05) is 24.3 Å². The van der Waals surface area contributed by atoms with E-state index in [1.54, 1.807) is 35.6 Å². The number of rotatable bonds is 10. The highest BCUT2D eigenvalue weighted by molar-refractivity contribution is 7.10. The number of halogens is 2. The maximum absolute atomic E-state index is 13.0. The van der Waals surface area contributed by atoms with Gasteiger partial charge in [-0.05, 0) is 134 Å². The summed E-state index contributed by atoms with van der Waals surface area (Å²) in [6.45, 7) is 7.14. The predicted octanol–water partition coefficient (Wildman–Crippen LogP) is 7.72. The minimum atomic E-state index is -0.654. The van der Waals surface area contributed by atoms with Crippen LogP contribution in [0.25, 0.3) is 0 Å². The van der Waals surface area contributed by atoms with Gasteiger partial charge in [-0.15, -0.1) is 22.7 Å². The molecule has 0 radical (unpaired) electrons. The van der Waals surface area contributed by atoms with Crippen LogP contribution in [0.4, 0.5) is 8.78 Å². The van der Waals surface area contributed by atoms with Crippen molar-refractivity contribution in [3.8, 4) is 0 Å². The monoisotopic (exact) mass is 594 g/mol. The number of thiophene rings is 2. The van der Waals surface area contributed by atoms with E-state index in [0.29, 0.717) is 0 Å². The third-order valence-corrected chi connectivity index (χ3v) is 10.1. The second-order valence-electron chi connectivity index (χ2n) is 11.0. The number of hydrogen-bond acceptors (Lipinski definition) is 5. The Kier molecular flexibility index (Phi) is 11.1. The van der Waals surface area contributed by atoms with E-state index in [4.69, 9.17) is 0 Å². The summed E-state index contributed by atoms with van der Waals surface area (Å²) < 4.78 is 25.9. The van der Waals surface area contributed by atoms with E-state index in [-0.39, 0.29) is 11.6 Å². The van der Waals surface area contributed by atoms with Gasteiger partial charge in [0.05, 0.1) is 0 Å². The van der Waals surface area contributed by atoms with Gasteiger partial charge in [0.25, 0.3) is 0 Å². The predicted molar refractivity (Wildman–Crippen MR) is 167 cm³/mol. The number of nitrogens with zero attached hydrogens (tertiary/aromatic N) is 2. The summed E-state index contributed by atoms with van der Waals surface area (Å²) in [5.41, 5.74) is 4.62. The Morgan fingerprint density at radius 3 is 1.78 bits per heavy atom. The first kappa shape index (κ1) is 30.1. The zero-order chi connectivity index (χ0) is 28.4. The second-order valence-corrected chi connectivity index (χ2v) is 13.0. The highest BCUT2D eigenvalue weighted by atomic mass is 32.1. The molecule has 2 aliphatic heterocycles. The third-order valence-electron chi connectivity index (χ3n) is 8.12. The van der Waals surface area contributed by atoms with Crippen molar-refractivity contribution in [1.29, 1.82) is 0 Å². The standard InChI is InChI=1S/C17H20FNOS.C17H20FNS/c18-15-5-3-13(4-6-15)16(20)17-14(8-12-21-17)7-11-19-9-1-2-10-19;18-16-5-3-14(4-6-16)13-17-15(8-12-20-17)7-11-19-9-1-2-10-19/h3-6,8,12,16,20H,1-2,7,9-11H2;3-6,8,12H,1-2,7,9-11,13H2. The van der Waals surface area contributed by atoms with Crippen molar-refractivity contribution < 1.29 is 13.9 Å². The van der Waals surface area contributed by atoms with Crippen molar-refractivity contribution in [2.45, 2.75) is 51.0 Å². The average Bonchev–Trinajstić information content (AvgIpc) is 3.81. The Bertz CT molecular complexity index is 1320. The van der Waals surface area contributed by atoms with Gasteiger partial charge in [-0.2, -0.15) is 0 Å². The number of hydrogen-bond donors (Lipinski definition) is 1. The molecule has 7 heteroatoms. The zero-order valence-electron chi connectivity index (χ0n) is 23.6. The van der Waals surface area contributed by atoms with Crippen LogP contribution < -0.4 is 0 Å². The Morgan fingerprint density at radius 2 is 1.17 bits per heavy atom. The minimum Gasteiger partial charge on any atom is -0.383 e. The largest absolute Gasteiger partial charge is 0.383 e. The molecule has 0 spiro atoms. The van der Waals surface area contributed by atoms with Gasteiger partial charge in [0.2, 0.25) is 0 Å². The molecule has 6 rings (SSSR count). The summed E-state index contributed by atoms with van der Waals surface area (Å²) in [6.07, 6.45) is 7.69. The molecule has 2 aliphatic rings. The van der Waals surface area contributed by atoms with Gasteiger partial charge in [0, 0.05) is 29.3 Å². The Balaban J connectivity index is 0.000000165. The lowest BCUT2D eigenvalue weighted by molar-refractivity contribution is 0.222. The minimum absolute atomic E-state index is 0.158. The van der Waals surface area contributed by atoms with E-state index in [9.17, 15) is 13.9 Å². The highest BCUT2D eigenvalue weighted by Gasteiger charge is 2.18. The van der Waals surface area contributed by atoms with E-state index >= 15 is 0 Å². The first-order valence-electron chi connectivity index (χ1n) is 14.8. The van der Waals surface area contributed by atoms with Crippen LogP contribution in [0, 0.1) is 11.6 Å². The molecule has 2 saturated heterocycles. The van der Waals surface area contributed by atoms with Crippen molar-refractivity contribution in [2.24, 2.45) is 0 Å². The van der Waals surface area contributed by atoms with Crippen molar-refractivity contribution in [1.82, 2.24) is 9.80 Å². The lowest BCUT2D eigenvalue weighted by Crippen LogP contribution is -2.22. The quantitative estimate of drug-likeness (QED) is 0.204. The van der Waals surface area contributed by atoms with Crippen LogP contribution in [-0.2, 0) is 19.3 Å². The van der Waals surface area contributed by atoms with Crippen molar-refractivity contribution in [2.75, 3.05) is 39.3 Å². The summed E-state index contributed by atoms with van der Waals surface area (Å²) in [5.74, 6) is -0.430. The lowest BCUT2D eigenvalue weighted by Gasteiger charge is -2.16. The fourth-order valence-electron chi connectivity index (χ4n) is 5.69. The van der Waals surface area contributed by atoms with Crippen molar-refractivity contribution in [3.05, 3.63) is 115 Å². The molecule has 1 atom stereocenters. The molecule has 3 nitrogen and oxygen atoms in total. The molecule has 41 heavy (non-hydrogen) atoms. The summed E-state index contributed by atoms with van der Waals surface area (Å²) >= 11 is 3.40. The highest BCUT2D eigenvalue weighted by Crippen LogP contribution is 2.30. The number of aliphatic hydroxyl groups is 1. The molecule has 2 fully saturated rings. The number of likely N-dealkylation sites (tertiary alicyclic amines) is 2. The molecule has 0 saturated carbocycles. The maximum atomic E-state index is 13.0. The normalized spacial score (nSPS) is 16.6. The van der Waals surface area contributed by atoms with Crippen LogP contribution in [0.5, 0.6) is 0 Å². The first-order valence-corrected chi connectivity index (χ1v) is 16.6. The molecule has 2 aromatic heterocycles. The van der Waals surface area contributed by atoms with E-state index < -0.39 is 6.10 Å². The fourth-order valence-corrected chi connectivity index (χ4v) is 7.63. The van der Waals surface area contributed by atoms with Gasteiger partial charge in [-0.25, -0.2) is 8.78 Å². The third kappa shape index (κ3) is 8.79. The second kappa shape index (κ2) is 15.2. The van der Waals surface area contributed by atoms with Gasteiger partial charge in [0.1, 0.15) is 17.7 Å². The summed E-state index contributed by atoms with van der Waals surface area (Å²) in [5, 5.41) is 14.7. The van der Waals surface area contributed by atoms with Gasteiger partial charge < -0.3 is 14.9 Å². The Hall–Kier alpha value is -2.42. The van der Waals surface area contributed by atoms with Crippen molar-refractivity contribution >= 4 is 22.7 Å². The molecule has 0 bridgehead atoms. The summed E-state index contributed by atoms with van der Waals surface area (Å²) in [6, 6.07) is 17.3. The van der Waals surface area contributed by atoms with Gasteiger partial charge in [-0.3, -0.25) is 0 Å². The molecule has 2 aromatic carbocycles. The average molecular weight is 595 g/mol. The summed E-state index contributed by atoms with van der Waals surface area (Å²) in [4.78, 5) is 7.45. The Morgan fingerprint density at radius 1 is 0.659 bits per heavy atom. The van der Waals surface area contributed by atoms with Gasteiger partial charge in [0.15, 0.2) is 0 Å². The topological polar surface area (TPSA) is 26.7 Å². The van der Waals surface area contributed by atoms with Crippen LogP contribution >= 0.6 is 22.7 Å².